The van der Waals surface area contributed by atoms with Gasteiger partial charge in [0.05, 0.1) is 0 Å². The smallest absolute Gasteiger partial charge is 0.225 e. The molecule has 3 nitrogen and oxygen atoms in total. The Labute approximate surface area is 132 Å². The molecule has 21 heavy (non-hydrogen) atoms. The molecule has 0 aliphatic carbocycles. The van der Waals surface area contributed by atoms with Crippen LogP contribution in [0.3, 0.4) is 0 Å². The Balaban J connectivity index is 1.96. The van der Waals surface area contributed by atoms with E-state index in [4.69, 9.17) is 0 Å². The van der Waals surface area contributed by atoms with Crippen LogP contribution in [0.25, 0.3) is 0 Å². The highest BCUT2D eigenvalue weighted by molar-refractivity contribution is 7.07. The second-order valence-electron chi connectivity index (χ2n) is 7.21. The SMILES string of the molecule is CCN1CC(Cc2ccsc2)CC(NC(=O)C(C)(C)C)C1. The van der Waals surface area contributed by atoms with Gasteiger partial charge >= 0.3 is 0 Å². The van der Waals surface area contributed by atoms with Gasteiger partial charge in [-0.25, -0.2) is 0 Å². The van der Waals surface area contributed by atoms with E-state index in [1.165, 1.54) is 5.56 Å². The molecule has 1 aliphatic heterocycles. The first-order valence-corrected chi connectivity index (χ1v) is 8.87. The Bertz CT molecular complexity index is 450. The first-order valence-electron chi connectivity index (χ1n) is 7.93. The average molecular weight is 308 g/mol. The highest BCUT2D eigenvalue weighted by Crippen LogP contribution is 2.23. The molecule has 0 bridgehead atoms. The van der Waals surface area contributed by atoms with Gasteiger partial charge in [0.1, 0.15) is 0 Å². The van der Waals surface area contributed by atoms with E-state index in [0.717, 1.165) is 32.5 Å². The summed E-state index contributed by atoms with van der Waals surface area (Å²) >= 11 is 1.77. The van der Waals surface area contributed by atoms with Gasteiger partial charge in [-0.15, -0.1) is 0 Å². The summed E-state index contributed by atoms with van der Waals surface area (Å²) in [5.74, 6) is 0.804. The molecule has 118 valence electrons. The van der Waals surface area contributed by atoms with Crippen LogP contribution in [-0.2, 0) is 11.2 Å². The molecule has 1 fully saturated rings. The Kier molecular flexibility index (Phi) is 5.44. The Morgan fingerprint density at radius 2 is 2.19 bits per heavy atom. The molecule has 0 radical (unpaired) electrons. The van der Waals surface area contributed by atoms with Crippen LogP contribution in [-0.4, -0.2) is 36.5 Å². The van der Waals surface area contributed by atoms with Gasteiger partial charge in [0.25, 0.3) is 0 Å². The van der Waals surface area contributed by atoms with E-state index >= 15 is 0 Å². The fourth-order valence-corrected chi connectivity index (χ4v) is 3.64. The van der Waals surface area contributed by atoms with Crippen molar-refractivity contribution < 1.29 is 4.79 Å². The van der Waals surface area contributed by atoms with Crippen molar-refractivity contribution in [2.45, 2.75) is 46.6 Å². The topological polar surface area (TPSA) is 32.3 Å². The zero-order valence-corrected chi connectivity index (χ0v) is 14.5. The lowest BCUT2D eigenvalue weighted by atomic mass is 9.88. The maximum absolute atomic E-state index is 12.2. The van der Waals surface area contributed by atoms with E-state index in [9.17, 15) is 4.79 Å². The maximum atomic E-state index is 12.2. The molecule has 1 aromatic rings. The van der Waals surface area contributed by atoms with Gasteiger partial charge in [0, 0.05) is 24.5 Å². The number of piperidine rings is 1. The zero-order chi connectivity index (χ0) is 15.5. The fraction of sp³-hybridized carbons (Fsp3) is 0.706. The molecule has 2 unspecified atom stereocenters. The third kappa shape index (κ3) is 4.82. The van der Waals surface area contributed by atoms with Crippen LogP contribution < -0.4 is 5.32 Å². The molecule has 1 N–H and O–H groups in total. The van der Waals surface area contributed by atoms with Gasteiger partial charge in [-0.3, -0.25) is 4.79 Å². The summed E-state index contributed by atoms with van der Waals surface area (Å²) in [5.41, 5.74) is 1.13. The van der Waals surface area contributed by atoms with Crippen molar-refractivity contribution in [2.24, 2.45) is 11.3 Å². The fourth-order valence-electron chi connectivity index (χ4n) is 2.96. The summed E-state index contributed by atoms with van der Waals surface area (Å²) in [7, 11) is 0. The molecule has 2 rings (SSSR count). The summed E-state index contributed by atoms with van der Waals surface area (Å²) < 4.78 is 0. The number of nitrogens with zero attached hydrogens (tertiary/aromatic N) is 1. The van der Waals surface area contributed by atoms with Crippen molar-refractivity contribution in [3.8, 4) is 0 Å². The van der Waals surface area contributed by atoms with Gasteiger partial charge < -0.3 is 10.2 Å². The molecular weight excluding hydrogens is 280 g/mol. The highest BCUT2D eigenvalue weighted by atomic mass is 32.1. The van der Waals surface area contributed by atoms with Crippen LogP contribution in [0.15, 0.2) is 16.8 Å². The van der Waals surface area contributed by atoms with Crippen molar-refractivity contribution >= 4 is 17.2 Å². The van der Waals surface area contributed by atoms with Crippen LogP contribution in [0, 0.1) is 11.3 Å². The summed E-state index contributed by atoms with van der Waals surface area (Å²) in [4.78, 5) is 14.7. The van der Waals surface area contributed by atoms with E-state index in [-0.39, 0.29) is 17.4 Å². The molecule has 0 spiro atoms. The largest absolute Gasteiger partial charge is 0.352 e. The van der Waals surface area contributed by atoms with Crippen LogP contribution in [0.5, 0.6) is 0 Å². The van der Waals surface area contributed by atoms with Crippen LogP contribution >= 0.6 is 11.3 Å². The number of hydrogen-bond acceptors (Lipinski definition) is 3. The number of thiophene rings is 1. The average Bonchev–Trinajstić information content (AvgIpc) is 2.90. The quantitative estimate of drug-likeness (QED) is 0.926. The first kappa shape index (κ1) is 16.5. The van der Waals surface area contributed by atoms with Gasteiger partial charge in [0.15, 0.2) is 0 Å². The van der Waals surface area contributed by atoms with Gasteiger partial charge in [-0.05, 0) is 47.7 Å². The summed E-state index contributed by atoms with van der Waals surface area (Å²) in [5, 5.41) is 7.65. The van der Waals surface area contributed by atoms with Crippen molar-refractivity contribution in [1.82, 2.24) is 10.2 Å². The van der Waals surface area contributed by atoms with E-state index in [1.54, 1.807) is 11.3 Å². The molecule has 2 atom stereocenters. The summed E-state index contributed by atoms with van der Waals surface area (Å²) in [6.07, 6.45) is 2.22. The number of carbonyl (C=O) groups is 1. The molecule has 1 amide bonds. The number of amides is 1. The summed E-state index contributed by atoms with van der Waals surface area (Å²) in [6.45, 7) is 11.3. The first-order chi connectivity index (χ1) is 9.88. The molecule has 0 aromatic carbocycles. The third-order valence-corrected chi connectivity index (χ3v) is 4.91. The summed E-state index contributed by atoms with van der Waals surface area (Å²) in [6, 6.07) is 2.51. The lowest BCUT2D eigenvalue weighted by Crippen LogP contribution is -2.53. The van der Waals surface area contributed by atoms with Gasteiger partial charge in [-0.2, -0.15) is 11.3 Å². The van der Waals surface area contributed by atoms with Crippen LogP contribution in [0.1, 0.15) is 39.7 Å². The van der Waals surface area contributed by atoms with Crippen molar-refractivity contribution in [3.05, 3.63) is 22.4 Å². The van der Waals surface area contributed by atoms with Gasteiger partial charge in [0.2, 0.25) is 5.91 Å². The second kappa shape index (κ2) is 6.93. The molecule has 1 aliphatic rings. The number of likely N-dealkylation sites (N-methyl/N-ethyl adjacent to an activating group) is 1. The number of rotatable bonds is 4. The number of likely N-dealkylation sites (tertiary alicyclic amines) is 1. The molecule has 0 saturated carbocycles. The molecular formula is C17H28N2OS. The lowest BCUT2D eigenvalue weighted by Gasteiger charge is -2.38. The number of hydrogen-bond donors (Lipinski definition) is 1. The van der Waals surface area contributed by atoms with E-state index < -0.39 is 0 Å². The van der Waals surface area contributed by atoms with Crippen molar-refractivity contribution in [3.63, 3.8) is 0 Å². The predicted molar refractivity (Wildman–Crippen MR) is 89.6 cm³/mol. The van der Waals surface area contributed by atoms with Crippen molar-refractivity contribution in [2.75, 3.05) is 19.6 Å². The minimum Gasteiger partial charge on any atom is -0.352 e. The van der Waals surface area contributed by atoms with E-state index in [2.05, 4.69) is 34.0 Å². The number of carbonyl (C=O) groups excluding carboxylic acids is 1. The highest BCUT2D eigenvalue weighted by Gasteiger charge is 2.30. The normalized spacial score (nSPS) is 24.0. The Morgan fingerprint density at radius 1 is 1.43 bits per heavy atom. The number of nitrogens with one attached hydrogen (secondary N) is 1. The van der Waals surface area contributed by atoms with E-state index in [0.29, 0.717) is 5.92 Å². The Morgan fingerprint density at radius 3 is 2.76 bits per heavy atom. The Hall–Kier alpha value is -0.870. The van der Waals surface area contributed by atoms with Crippen LogP contribution in [0.2, 0.25) is 0 Å². The zero-order valence-electron chi connectivity index (χ0n) is 13.7. The molecule has 1 saturated heterocycles. The monoisotopic (exact) mass is 308 g/mol. The minimum absolute atomic E-state index is 0.166. The maximum Gasteiger partial charge on any atom is 0.225 e. The standard InChI is InChI=1S/C17H28N2OS/c1-5-19-10-14(8-13-6-7-21-12-13)9-15(11-19)18-16(20)17(2,3)4/h6-7,12,14-15H,5,8-11H2,1-4H3,(H,18,20). The predicted octanol–water partition coefficient (Wildman–Crippen LogP) is 3.16. The minimum atomic E-state index is -0.308. The van der Waals surface area contributed by atoms with Crippen molar-refractivity contribution in [1.29, 1.82) is 0 Å². The molecule has 1 aromatic heterocycles. The lowest BCUT2D eigenvalue weighted by molar-refractivity contribution is -0.129. The third-order valence-electron chi connectivity index (χ3n) is 4.18. The molecule has 4 heteroatoms. The van der Waals surface area contributed by atoms with Gasteiger partial charge in [-0.1, -0.05) is 27.7 Å². The van der Waals surface area contributed by atoms with Crippen LogP contribution in [0.4, 0.5) is 0 Å². The molecule has 2 heterocycles. The second-order valence-corrected chi connectivity index (χ2v) is 7.99. The van der Waals surface area contributed by atoms with E-state index in [1.807, 2.05) is 20.8 Å².